The molecule has 0 bridgehead atoms. The molecule has 0 radical (unpaired) electrons. The number of urea groups is 1. The van der Waals surface area contributed by atoms with E-state index < -0.39 is 30.4 Å². The first-order valence-electron chi connectivity index (χ1n) is 10.6. The monoisotopic (exact) mass is 458 g/mol. The van der Waals surface area contributed by atoms with E-state index in [0.717, 1.165) is 16.9 Å². The van der Waals surface area contributed by atoms with Crippen molar-refractivity contribution in [3.63, 3.8) is 0 Å². The van der Waals surface area contributed by atoms with Crippen LogP contribution in [0.3, 0.4) is 0 Å². The van der Waals surface area contributed by atoms with Crippen LogP contribution in [0.15, 0.2) is 72.6 Å². The van der Waals surface area contributed by atoms with Crippen molar-refractivity contribution in [3.05, 3.63) is 89.4 Å². The Hall–Kier alpha value is -4.66. The van der Waals surface area contributed by atoms with Gasteiger partial charge in [0, 0.05) is 23.3 Å². The summed E-state index contributed by atoms with van der Waals surface area (Å²) in [6.07, 6.45) is 3.99. The van der Waals surface area contributed by atoms with Crippen molar-refractivity contribution in [1.29, 1.82) is 0 Å². The smallest absolute Gasteiger partial charge is 0.335 e. The molecule has 1 fully saturated rings. The third-order valence-corrected chi connectivity index (χ3v) is 5.40. The summed E-state index contributed by atoms with van der Waals surface area (Å²) >= 11 is 0. The van der Waals surface area contributed by atoms with Gasteiger partial charge in [0.15, 0.2) is 0 Å². The molecule has 2 heterocycles. The largest absolute Gasteiger partial charge is 0.478 e. The van der Waals surface area contributed by atoms with Crippen LogP contribution in [-0.2, 0) is 16.0 Å². The zero-order chi connectivity index (χ0) is 24.2. The number of amides is 4. The number of benzene rings is 2. The molecule has 1 saturated heterocycles. The topological polar surface area (TPSA) is 121 Å². The van der Waals surface area contributed by atoms with Crippen LogP contribution in [0.1, 0.15) is 28.5 Å². The van der Waals surface area contributed by atoms with Gasteiger partial charge in [-0.05, 0) is 60.5 Å². The summed E-state index contributed by atoms with van der Waals surface area (Å²) < 4.78 is 1.75. The highest BCUT2D eigenvalue weighted by Gasteiger charge is 2.35. The lowest BCUT2D eigenvalue weighted by Gasteiger charge is -2.13. The number of carboxylic acid groups (broad SMARTS) is 1. The van der Waals surface area contributed by atoms with Gasteiger partial charge < -0.3 is 20.3 Å². The quantitative estimate of drug-likeness (QED) is 0.371. The molecule has 0 atom stereocenters. The number of rotatable bonds is 7. The number of para-hydroxylation sites is 1. The molecule has 34 heavy (non-hydrogen) atoms. The van der Waals surface area contributed by atoms with E-state index in [1.54, 1.807) is 47.2 Å². The van der Waals surface area contributed by atoms with Crippen molar-refractivity contribution in [1.82, 2.24) is 14.8 Å². The second-order valence-electron chi connectivity index (χ2n) is 7.59. The summed E-state index contributed by atoms with van der Waals surface area (Å²) in [6, 6.07) is 16.4. The van der Waals surface area contributed by atoms with Crippen molar-refractivity contribution < 1.29 is 24.3 Å². The molecular formula is C25H22N4O5. The normalized spacial score (nSPS) is 14.4. The van der Waals surface area contributed by atoms with E-state index in [0.29, 0.717) is 17.1 Å². The third-order valence-electron chi connectivity index (χ3n) is 5.40. The number of anilines is 1. The number of aromatic carboxylic acids is 1. The molecule has 1 aliphatic heterocycles. The first kappa shape index (κ1) is 22.5. The van der Waals surface area contributed by atoms with Gasteiger partial charge in [0.2, 0.25) is 5.91 Å². The Kier molecular flexibility index (Phi) is 6.26. The number of carbonyl (C=O) groups is 4. The zero-order valence-corrected chi connectivity index (χ0v) is 18.3. The molecule has 3 N–H and O–H groups in total. The predicted molar refractivity (Wildman–Crippen MR) is 125 cm³/mol. The molecule has 4 amide bonds. The van der Waals surface area contributed by atoms with Gasteiger partial charge in [-0.2, -0.15) is 0 Å². The Morgan fingerprint density at radius 1 is 1.03 bits per heavy atom. The maximum atomic E-state index is 12.8. The summed E-state index contributed by atoms with van der Waals surface area (Å²) in [5.74, 6) is -2.12. The fourth-order valence-corrected chi connectivity index (χ4v) is 3.66. The van der Waals surface area contributed by atoms with Crippen LogP contribution in [0, 0.1) is 0 Å². The first-order chi connectivity index (χ1) is 16.4. The SMILES string of the molecule is CCc1ccccc1NC(=O)CN1C(=O)N/C(=C/c2cccn2-c2ccc(C(=O)O)cc2)C1=O. The highest BCUT2D eigenvalue weighted by Crippen LogP contribution is 2.20. The molecule has 3 aromatic rings. The molecule has 1 aliphatic rings. The van der Waals surface area contributed by atoms with E-state index >= 15 is 0 Å². The molecule has 172 valence electrons. The number of hydrogen-bond acceptors (Lipinski definition) is 4. The summed E-state index contributed by atoms with van der Waals surface area (Å²) in [6.45, 7) is 1.55. The van der Waals surface area contributed by atoms with Crippen LogP contribution < -0.4 is 10.6 Å². The lowest BCUT2D eigenvalue weighted by molar-refractivity contribution is -0.127. The Morgan fingerprint density at radius 2 is 1.76 bits per heavy atom. The molecule has 2 aromatic carbocycles. The van der Waals surface area contributed by atoms with E-state index in [4.69, 9.17) is 5.11 Å². The second kappa shape index (κ2) is 9.45. The fraction of sp³-hybridized carbons (Fsp3) is 0.120. The Morgan fingerprint density at radius 3 is 2.47 bits per heavy atom. The van der Waals surface area contributed by atoms with E-state index in [1.807, 2.05) is 19.1 Å². The predicted octanol–water partition coefficient (Wildman–Crippen LogP) is 3.27. The van der Waals surface area contributed by atoms with E-state index in [9.17, 15) is 19.2 Å². The number of nitrogens with one attached hydrogen (secondary N) is 2. The summed E-state index contributed by atoms with van der Waals surface area (Å²) in [7, 11) is 0. The average molecular weight is 458 g/mol. The first-order valence-corrected chi connectivity index (χ1v) is 10.6. The second-order valence-corrected chi connectivity index (χ2v) is 7.59. The van der Waals surface area contributed by atoms with E-state index in [1.165, 1.54) is 18.2 Å². The van der Waals surface area contributed by atoms with Crippen LogP contribution in [0.25, 0.3) is 11.8 Å². The van der Waals surface area contributed by atoms with Crippen LogP contribution in [0.5, 0.6) is 0 Å². The Labute approximate surface area is 195 Å². The summed E-state index contributed by atoms with van der Waals surface area (Å²) in [5, 5.41) is 14.3. The highest BCUT2D eigenvalue weighted by molar-refractivity contribution is 6.15. The molecule has 0 saturated carbocycles. The number of imide groups is 1. The minimum Gasteiger partial charge on any atom is -0.478 e. The van der Waals surface area contributed by atoms with Gasteiger partial charge in [-0.15, -0.1) is 0 Å². The molecular weight excluding hydrogens is 436 g/mol. The van der Waals surface area contributed by atoms with E-state index in [2.05, 4.69) is 10.6 Å². The van der Waals surface area contributed by atoms with Crippen molar-refractivity contribution in [2.75, 3.05) is 11.9 Å². The maximum Gasteiger partial charge on any atom is 0.335 e. The molecule has 0 spiro atoms. The van der Waals surface area contributed by atoms with Crippen LogP contribution >= 0.6 is 0 Å². The van der Waals surface area contributed by atoms with Gasteiger partial charge in [0.1, 0.15) is 12.2 Å². The average Bonchev–Trinajstić information content (AvgIpc) is 3.39. The molecule has 0 unspecified atom stereocenters. The van der Waals surface area contributed by atoms with E-state index in [-0.39, 0.29) is 11.3 Å². The lowest BCUT2D eigenvalue weighted by Crippen LogP contribution is -2.38. The van der Waals surface area contributed by atoms with Crippen molar-refractivity contribution in [2.45, 2.75) is 13.3 Å². The summed E-state index contributed by atoms with van der Waals surface area (Å²) in [5.41, 5.74) is 3.06. The number of aryl methyl sites for hydroxylation is 1. The van der Waals surface area contributed by atoms with Crippen molar-refractivity contribution >= 4 is 35.6 Å². The van der Waals surface area contributed by atoms with Crippen molar-refractivity contribution in [3.8, 4) is 5.69 Å². The number of hydrogen-bond donors (Lipinski definition) is 3. The van der Waals surface area contributed by atoms with Crippen LogP contribution in [-0.4, -0.2) is 44.9 Å². The molecule has 4 rings (SSSR count). The molecule has 9 nitrogen and oxygen atoms in total. The van der Waals surface area contributed by atoms with Gasteiger partial charge in [0.25, 0.3) is 5.91 Å². The number of aromatic nitrogens is 1. The molecule has 9 heteroatoms. The number of nitrogens with zero attached hydrogens (tertiary/aromatic N) is 2. The third kappa shape index (κ3) is 4.58. The van der Waals surface area contributed by atoms with Gasteiger partial charge in [-0.3, -0.25) is 9.59 Å². The molecule has 0 aliphatic carbocycles. The maximum absolute atomic E-state index is 12.8. The standard InChI is InChI=1S/C25H22N4O5/c1-2-16-6-3-4-8-20(16)26-22(30)15-29-23(31)21(27-25(29)34)14-19-7-5-13-28(19)18-11-9-17(10-12-18)24(32)33/h3-14H,2,15H2,1H3,(H,26,30)(H,27,34)(H,32,33)/b21-14+. The minimum absolute atomic E-state index is 0.0360. The number of carboxylic acids is 1. The Bertz CT molecular complexity index is 1310. The Balaban J connectivity index is 1.50. The van der Waals surface area contributed by atoms with Gasteiger partial charge in [-0.1, -0.05) is 25.1 Å². The zero-order valence-electron chi connectivity index (χ0n) is 18.3. The van der Waals surface area contributed by atoms with Gasteiger partial charge >= 0.3 is 12.0 Å². The highest BCUT2D eigenvalue weighted by atomic mass is 16.4. The van der Waals surface area contributed by atoms with Gasteiger partial charge in [-0.25, -0.2) is 14.5 Å². The minimum atomic E-state index is -1.03. The van der Waals surface area contributed by atoms with Crippen LogP contribution in [0.4, 0.5) is 10.5 Å². The molecule has 1 aromatic heterocycles. The van der Waals surface area contributed by atoms with Crippen molar-refractivity contribution in [2.24, 2.45) is 0 Å². The fourth-order valence-electron chi connectivity index (χ4n) is 3.66. The summed E-state index contributed by atoms with van der Waals surface area (Å²) in [4.78, 5) is 49.7. The number of carbonyl (C=O) groups excluding carboxylic acids is 3. The lowest BCUT2D eigenvalue weighted by atomic mass is 10.1. The van der Waals surface area contributed by atoms with Gasteiger partial charge in [0.05, 0.1) is 5.56 Å². The van der Waals surface area contributed by atoms with Crippen LogP contribution in [0.2, 0.25) is 0 Å².